The van der Waals surface area contributed by atoms with Crippen molar-refractivity contribution in [1.29, 1.82) is 0 Å². The molecule has 2 heterocycles. The number of hydrogen-bond donors (Lipinski definition) is 3. The van der Waals surface area contributed by atoms with E-state index in [4.69, 9.17) is 5.73 Å². The standard InChI is InChI=1S/C8H10N4/c9-3-7-8(12-5-11-7)6-1-2-10-4-6/h1-2,4-5,10H,3,9H2,(H,11,12). The van der Waals surface area contributed by atoms with Gasteiger partial charge in [-0.25, -0.2) is 4.98 Å². The van der Waals surface area contributed by atoms with Crippen molar-refractivity contribution in [3.8, 4) is 11.3 Å². The number of nitrogens with zero attached hydrogens (tertiary/aromatic N) is 1. The van der Waals surface area contributed by atoms with Crippen LogP contribution in [-0.2, 0) is 6.54 Å². The summed E-state index contributed by atoms with van der Waals surface area (Å²) in [4.78, 5) is 10.1. The van der Waals surface area contributed by atoms with Gasteiger partial charge in [-0.1, -0.05) is 0 Å². The normalized spacial score (nSPS) is 10.4. The molecule has 0 spiro atoms. The molecule has 0 radical (unpaired) electrons. The Morgan fingerprint density at radius 1 is 1.50 bits per heavy atom. The van der Waals surface area contributed by atoms with Crippen molar-refractivity contribution < 1.29 is 0 Å². The summed E-state index contributed by atoms with van der Waals surface area (Å²) >= 11 is 0. The van der Waals surface area contributed by atoms with E-state index < -0.39 is 0 Å². The van der Waals surface area contributed by atoms with E-state index in [-0.39, 0.29) is 0 Å². The SMILES string of the molecule is NCc1[nH]cnc1-c1cc[nH]c1. The Bertz CT molecular complexity index is 347. The van der Waals surface area contributed by atoms with Gasteiger partial charge in [0.2, 0.25) is 0 Å². The molecule has 0 unspecified atom stereocenters. The highest BCUT2D eigenvalue weighted by Gasteiger charge is 2.05. The number of aromatic amines is 2. The Kier molecular flexibility index (Phi) is 1.68. The first-order chi connectivity index (χ1) is 5.92. The smallest absolute Gasteiger partial charge is 0.0941 e. The predicted octanol–water partition coefficient (Wildman–Crippen LogP) is 0.864. The Balaban J connectivity index is 2.46. The quantitative estimate of drug-likeness (QED) is 0.613. The van der Waals surface area contributed by atoms with E-state index in [2.05, 4.69) is 15.0 Å². The van der Waals surface area contributed by atoms with Gasteiger partial charge in [0.1, 0.15) is 0 Å². The van der Waals surface area contributed by atoms with Crippen molar-refractivity contribution in [2.45, 2.75) is 6.54 Å². The van der Waals surface area contributed by atoms with Crippen molar-refractivity contribution in [3.05, 3.63) is 30.5 Å². The average Bonchev–Trinajstić information content (AvgIpc) is 2.74. The number of rotatable bonds is 2. The molecule has 62 valence electrons. The van der Waals surface area contributed by atoms with E-state index in [1.807, 2.05) is 18.5 Å². The molecule has 0 aliphatic rings. The van der Waals surface area contributed by atoms with Gasteiger partial charge in [-0.3, -0.25) is 0 Å². The summed E-state index contributed by atoms with van der Waals surface area (Å²) in [5.41, 5.74) is 8.48. The van der Waals surface area contributed by atoms with Crippen LogP contribution >= 0.6 is 0 Å². The highest BCUT2D eigenvalue weighted by molar-refractivity contribution is 5.60. The Morgan fingerprint density at radius 3 is 3.08 bits per heavy atom. The fourth-order valence-electron chi connectivity index (χ4n) is 1.20. The largest absolute Gasteiger partial charge is 0.367 e. The fourth-order valence-corrected chi connectivity index (χ4v) is 1.20. The lowest BCUT2D eigenvalue weighted by Crippen LogP contribution is -1.98. The van der Waals surface area contributed by atoms with Gasteiger partial charge in [0.15, 0.2) is 0 Å². The fraction of sp³-hybridized carbons (Fsp3) is 0.125. The first kappa shape index (κ1) is 7.12. The number of aromatic nitrogens is 3. The molecule has 4 heteroatoms. The summed E-state index contributed by atoms with van der Waals surface area (Å²) < 4.78 is 0. The van der Waals surface area contributed by atoms with Crippen molar-refractivity contribution >= 4 is 0 Å². The number of nitrogens with one attached hydrogen (secondary N) is 2. The van der Waals surface area contributed by atoms with Gasteiger partial charge in [-0.2, -0.15) is 0 Å². The zero-order chi connectivity index (χ0) is 8.39. The van der Waals surface area contributed by atoms with Crippen LogP contribution in [0.1, 0.15) is 5.69 Å². The lowest BCUT2D eigenvalue weighted by Gasteiger charge is -1.94. The lowest BCUT2D eigenvalue weighted by molar-refractivity contribution is 1.01. The Labute approximate surface area is 69.8 Å². The molecule has 12 heavy (non-hydrogen) atoms. The molecule has 0 saturated heterocycles. The van der Waals surface area contributed by atoms with E-state index in [1.165, 1.54) is 0 Å². The van der Waals surface area contributed by atoms with Crippen LogP contribution in [0.25, 0.3) is 11.3 Å². The van der Waals surface area contributed by atoms with E-state index in [9.17, 15) is 0 Å². The zero-order valence-electron chi connectivity index (χ0n) is 6.54. The highest BCUT2D eigenvalue weighted by Crippen LogP contribution is 2.18. The maximum Gasteiger partial charge on any atom is 0.0941 e. The molecule has 0 aliphatic carbocycles. The number of H-pyrrole nitrogens is 2. The van der Waals surface area contributed by atoms with Crippen molar-refractivity contribution in [2.75, 3.05) is 0 Å². The van der Waals surface area contributed by atoms with E-state index in [0.717, 1.165) is 17.0 Å². The van der Waals surface area contributed by atoms with Crippen LogP contribution in [0, 0.1) is 0 Å². The minimum Gasteiger partial charge on any atom is -0.367 e. The first-order valence-corrected chi connectivity index (χ1v) is 3.77. The maximum absolute atomic E-state index is 5.52. The zero-order valence-corrected chi connectivity index (χ0v) is 6.54. The average molecular weight is 162 g/mol. The van der Waals surface area contributed by atoms with Gasteiger partial charge in [0.05, 0.1) is 17.7 Å². The van der Waals surface area contributed by atoms with Crippen LogP contribution in [0.4, 0.5) is 0 Å². The van der Waals surface area contributed by atoms with Crippen LogP contribution in [0.15, 0.2) is 24.8 Å². The Morgan fingerprint density at radius 2 is 2.42 bits per heavy atom. The summed E-state index contributed by atoms with van der Waals surface area (Å²) in [5, 5.41) is 0. The van der Waals surface area contributed by atoms with Gasteiger partial charge in [-0.15, -0.1) is 0 Å². The summed E-state index contributed by atoms with van der Waals surface area (Å²) in [5.74, 6) is 0. The van der Waals surface area contributed by atoms with Gasteiger partial charge in [0.25, 0.3) is 0 Å². The second-order valence-corrected chi connectivity index (χ2v) is 2.53. The number of imidazole rings is 1. The molecular weight excluding hydrogens is 152 g/mol. The summed E-state index contributed by atoms with van der Waals surface area (Å²) in [6.45, 7) is 0.487. The summed E-state index contributed by atoms with van der Waals surface area (Å²) in [7, 11) is 0. The molecule has 0 bridgehead atoms. The third-order valence-electron chi connectivity index (χ3n) is 1.79. The van der Waals surface area contributed by atoms with Gasteiger partial charge in [-0.05, 0) is 6.07 Å². The molecule has 0 atom stereocenters. The predicted molar refractivity (Wildman–Crippen MR) is 46.3 cm³/mol. The van der Waals surface area contributed by atoms with Crippen molar-refractivity contribution in [2.24, 2.45) is 5.73 Å². The van der Waals surface area contributed by atoms with Crippen molar-refractivity contribution in [3.63, 3.8) is 0 Å². The molecule has 2 aromatic heterocycles. The van der Waals surface area contributed by atoms with Crippen LogP contribution < -0.4 is 5.73 Å². The second-order valence-electron chi connectivity index (χ2n) is 2.53. The molecule has 0 fully saturated rings. The van der Waals surface area contributed by atoms with E-state index >= 15 is 0 Å². The maximum atomic E-state index is 5.52. The molecule has 2 rings (SSSR count). The first-order valence-electron chi connectivity index (χ1n) is 3.77. The van der Waals surface area contributed by atoms with E-state index in [1.54, 1.807) is 6.33 Å². The molecule has 0 amide bonds. The molecule has 0 aromatic carbocycles. The second kappa shape index (κ2) is 2.83. The third-order valence-corrected chi connectivity index (χ3v) is 1.79. The van der Waals surface area contributed by atoms with Gasteiger partial charge in [0, 0.05) is 24.5 Å². The van der Waals surface area contributed by atoms with Crippen LogP contribution in [0.3, 0.4) is 0 Å². The molecule has 0 saturated carbocycles. The van der Waals surface area contributed by atoms with Crippen LogP contribution in [0.2, 0.25) is 0 Å². The van der Waals surface area contributed by atoms with E-state index in [0.29, 0.717) is 6.54 Å². The minimum atomic E-state index is 0.487. The highest BCUT2D eigenvalue weighted by atomic mass is 14.9. The molecule has 4 N–H and O–H groups in total. The summed E-state index contributed by atoms with van der Waals surface area (Å²) in [6, 6.07) is 1.97. The van der Waals surface area contributed by atoms with Gasteiger partial charge < -0.3 is 15.7 Å². The molecular formula is C8H10N4. The Hall–Kier alpha value is -1.55. The topological polar surface area (TPSA) is 70.5 Å². The summed E-state index contributed by atoms with van der Waals surface area (Å²) in [6.07, 6.45) is 5.42. The lowest BCUT2D eigenvalue weighted by atomic mass is 10.2. The third kappa shape index (κ3) is 1.02. The van der Waals surface area contributed by atoms with Crippen LogP contribution in [0.5, 0.6) is 0 Å². The number of nitrogens with two attached hydrogens (primary N) is 1. The molecule has 2 aromatic rings. The van der Waals surface area contributed by atoms with Crippen LogP contribution in [-0.4, -0.2) is 15.0 Å². The van der Waals surface area contributed by atoms with Crippen molar-refractivity contribution in [1.82, 2.24) is 15.0 Å². The minimum absolute atomic E-state index is 0.487. The monoisotopic (exact) mass is 162 g/mol. The molecule has 4 nitrogen and oxygen atoms in total. The number of hydrogen-bond acceptors (Lipinski definition) is 2. The molecule has 0 aliphatic heterocycles. The van der Waals surface area contributed by atoms with Gasteiger partial charge >= 0.3 is 0 Å².